The van der Waals surface area contributed by atoms with Crippen LogP contribution in [0.25, 0.3) is 0 Å². The smallest absolute Gasteiger partial charge is 0.102 e. The van der Waals surface area contributed by atoms with Gasteiger partial charge >= 0.3 is 0 Å². The highest BCUT2D eigenvalue weighted by molar-refractivity contribution is 4.46. The van der Waals surface area contributed by atoms with Gasteiger partial charge in [-0.05, 0) is 6.42 Å². The van der Waals surface area contributed by atoms with E-state index in [-0.39, 0.29) is 0 Å². The first-order chi connectivity index (χ1) is 6.27. The van der Waals surface area contributed by atoms with Crippen molar-refractivity contribution in [3.8, 4) is 0 Å². The maximum absolute atomic E-state index is 5.49. The van der Waals surface area contributed by atoms with Gasteiger partial charge in [0, 0.05) is 6.61 Å². The second-order valence-electron chi connectivity index (χ2n) is 4.02. The van der Waals surface area contributed by atoms with Crippen molar-refractivity contribution in [2.75, 3.05) is 53.1 Å². The molecule has 0 aromatic carbocycles. The van der Waals surface area contributed by atoms with E-state index in [1.807, 2.05) is 0 Å². The average Bonchev–Trinajstić information content (AvgIpc) is 2.14. The lowest BCUT2D eigenvalue weighted by molar-refractivity contribution is -0.917. The number of nitrogens with zero attached hydrogens (tertiary/aromatic N) is 1. The number of ether oxygens (including phenoxy) is 2. The van der Waals surface area contributed by atoms with Crippen LogP contribution in [-0.4, -0.2) is 57.6 Å². The molecule has 0 atom stereocenters. The van der Waals surface area contributed by atoms with Crippen LogP contribution in [0.15, 0.2) is 0 Å². The van der Waals surface area contributed by atoms with E-state index in [9.17, 15) is 0 Å². The summed E-state index contributed by atoms with van der Waals surface area (Å²) in [7, 11) is 2.29. The molecule has 0 aliphatic carbocycles. The van der Waals surface area contributed by atoms with Crippen LogP contribution in [-0.2, 0) is 9.47 Å². The molecule has 1 aliphatic heterocycles. The van der Waals surface area contributed by atoms with Gasteiger partial charge in [-0.25, -0.2) is 0 Å². The number of rotatable bonds is 5. The van der Waals surface area contributed by atoms with Gasteiger partial charge in [0.2, 0.25) is 0 Å². The Morgan fingerprint density at radius 3 is 2.54 bits per heavy atom. The van der Waals surface area contributed by atoms with Crippen molar-refractivity contribution < 1.29 is 14.0 Å². The van der Waals surface area contributed by atoms with Crippen LogP contribution < -0.4 is 0 Å². The van der Waals surface area contributed by atoms with Gasteiger partial charge in [0.1, 0.15) is 19.6 Å². The number of likely N-dealkylation sites (N-methyl/N-ethyl adjacent to an activating group) is 1. The molecule has 3 nitrogen and oxygen atoms in total. The molecule has 0 spiro atoms. The molecule has 0 N–H and O–H groups in total. The van der Waals surface area contributed by atoms with E-state index in [0.717, 1.165) is 57.0 Å². The minimum atomic E-state index is 0.893. The van der Waals surface area contributed by atoms with Crippen LogP contribution >= 0.6 is 0 Å². The molecule has 1 saturated heterocycles. The van der Waals surface area contributed by atoms with Gasteiger partial charge in [0.15, 0.2) is 0 Å². The molecule has 0 bridgehead atoms. The zero-order valence-electron chi connectivity index (χ0n) is 8.92. The van der Waals surface area contributed by atoms with Crippen molar-refractivity contribution in [1.29, 1.82) is 0 Å². The fourth-order valence-electron chi connectivity index (χ4n) is 1.54. The van der Waals surface area contributed by atoms with Gasteiger partial charge in [-0.3, -0.25) is 0 Å². The Balaban J connectivity index is 2.10. The lowest BCUT2D eigenvalue weighted by Crippen LogP contribution is -2.53. The Kier molecular flexibility index (Phi) is 4.70. The average molecular weight is 188 g/mol. The SMILES string of the molecule is CCCOCC[N+]1(C)CCOCC1. The van der Waals surface area contributed by atoms with Gasteiger partial charge in [-0.2, -0.15) is 0 Å². The van der Waals surface area contributed by atoms with E-state index in [2.05, 4.69) is 14.0 Å². The molecule has 0 aromatic heterocycles. The van der Waals surface area contributed by atoms with Crippen LogP contribution in [0.2, 0.25) is 0 Å². The van der Waals surface area contributed by atoms with Crippen molar-refractivity contribution in [3.63, 3.8) is 0 Å². The molecule has 3 heteroatoms. The van der Waals surface area contributed by atoms with Crippen molar-refractivity contribution in [1.82, 2.24) is 0 Å². The Hall–Kier alpha value is -0.120. The summed E-state index contributed by atoms with van der Waals surface area (Å²) in [6.07, 6.45) is 1.12. The Labute approximate surface area is 81.2 Å². The van der Waals surface area contributed by atoms with Crippen LogP contribution in [0.4, 0.5) is 0 Å². The maximum Gasteiger partial charge on any atom is 0.102 e. The fraction of sp³-hybridized carbons (Fsp3) is 1.00. The lowest BCUT2D eigenvalue weighted by Gasteiger charge is -2.37. The molecule has 0 amide bonds. The largest absolute Gasteiger partial charge is 0.376 e. The summed E-state index contributed by atoms with van der Waals surface area (Å²) in [5.74, 6) is 0. The van der Waals surface area contributed by atoms with Gasteiger partial charge in [0.05, 0.1) is 26.9 Å². The summed E-state index contributed by atoms with van der Waals surface area (Å²) >= 11 is 0. The first-order valence-corrected chi connectivity index (χ1v) is 5.26. The molecule has 0 radical (unpaired) electrons. The first-order valence-electron chi connectivity index (χ1n) is 5.26. The molecule has 0 unspecified atom stereocenters. The molecular weight excluding hydrogens is 166 g/mol. The summed E-state index contributed by atoms with van der Waals surface area (Å²) in [4.78, 5) is 0. The molecular formula is C10H22NO2+. The zero-order valence-corrected chi connectivity index (χ0v) is 8.92. The van der Waals surface area contributed by atoms with Gasteiger partial charge < -0.3 is 14.0 Å². The van der Waals surface area contributed by atoms with E-state index < -0.39 is 0 Å². The number of quaternary nitrogens is 1. The Bertz CT molecular complexity index is 133. The van der Waals surface area contributed by atoms with Gasteiger partial charge in [-0.1, -0.05) is 6.92 Å². The predicted molar refractivity (Wildman–Crippen MR) is 52.7 cm³/mol. The van der Waals surface area contributed by atoms with Crippen molar-refractivity contribution in [2.24, 2.45) is 0 Å². The molecule has 13 heavy (non-hydrogen) atoms. The molecule has 1 fully saturated rings. The molecule has 0 aromatic rings. The van der Waals surface area contributed by atoms with Crippen molar-refractivity contribution in [3.05, 3.63) is 0 Å². The molecule has 1 heterocycles. The van der Waals surface area contributed by atoms with Crippen molar-refractivity contribution in [2.45, 2.75) is 13.3 Å². The highest BCUT2D eigenvalue weighted by Crippen LogP contribution is 2.06. The monoisotopic (exact) mass is 188 g/mol. The van der Waals surface area contributed by atoms with E-state index in [4.69, 9.17) is 9.47 Å². The highest BCUT2D eigenvalue weighted by atomic mass is 16.5. The molecule has 78 valence electrons. The van der Waals surface area contributed by atoms with Gasteiger partial charge in [-0.15, -0.1) is 0 Å². The van der Waals surface area contributed by atoms with Crippen LogP contribution in [0.1, 0.15) is 13.3 Å². The summed E-state index contributed by atoms with van der Waals surface area (Å²) in [5, 5.41) is 0. The maximum atomic E-state index is 5.49. The Morgan fingerprint density at radius 2 is 1.92 bits per heavy atom. The van der Waals surface area contributed by atoms with E-state index in [1.54, 1.807) is 0 Å². The summed E-state index contributed by atoms with van der Waals surface area (Å²) in [6, 6.07) is 0. The van der Waals surface area contributed by atoms with Crippen LogP contribution in [0.5, 0.6) is 0 Å². The van der Waals surface area contributed by atoms with E-state index in [0.29, 0.717) is 0 Å². The van der Waals surface area contributed by atoms with Crippen LogP contribution in [0, 0.1) is 0 Å². The first kappa shape index (κ1) is 11.0. The lowest BCUT2D eigenvalue weighted by atomic mass is 10.3. The number of hydrogen-bond donors (Lipinski definition) is 0. The summed E-state index contributed by atoms with van der Waals surface area (Å²) in [6.45, 7) is 9.15. The summed E-state index contributed by atoms with van der Waals surface area (Å²) < 4.78 is 11.9. The molecule has 1 aliphatic rings. The second kappa shape index (κ2) is 5.58. The summed E-state index contributed by atoms with van der Waals surface area (Å²) in [5.41, 5.74) is 0. The predicted octanol–water partition coefficient (Wildman–Crippen LogP) is 0.890. The highest BCUT2D eigenvalue weighted by Gasteiger charge is 2.24. The Morgan fingerprint density at radius 1 is 1.23 bits per heavy atom. The van der Waals surface area contributed by atoms with E-state index in [1.165, 1.54) is 0 Å². The topological polar surface area (TPSA) is 18.5 Å². The molecule has 1 rings (SSSR count). The molecule has 0 saturated carbocycles. The minimum absolute atomic E-state index is 0.893. The van der Waals surface area contributed by atoms with Crippen molar-refractivity contribution >= 4 is 0 Å². The quantitative estimate of drug-likeness (QED) is 0.471. The fourth-order valence-corrected chi connectivity index (χ4v) is 1.54. The standard InChI is InChI=1S/C10H22NO2/c1-3-7-12-8-4-11(2)5-9-13-10-6-11/h3-10H2,1-2H3/q+1. The third-order valence-corrected chi connectivity index (χ3v) is 2.67. The zero-order chi connectivity index (χ0) is 9.57. The number of morpholine rings is 1. The normalized spacial score (nSPS) is 21.7. The van der Waals surface area contributed by atoms with Gasteiger partial charge in [0.25, 0.3) is 0 Å². The van der Waals surface area contributed by atoms with Crippen LogP contribution in [0.3, 0.4) is 0 Å². The minimum Gasteiger partial charge on any atom is -0.376 e. The number of hydrogen-bond acceptors (Lipinski definition) is 2. The third-order valence-electron chi connectivity index (χ3n) is 2.67. The third kappa shape index (κ3) is 4.07. The van der Waals surface area contributed by atoms with E-state index >= 15 is 0 Å². The second-order valence-corrected chi connectivity index (χ2v) is 4.02.